The fraction of sp³-hybridized carbons (Fsp3) is 0.545. The van der Waals surface area contributed by atoms with Crippen LogP contribution >= 0.6 is 8.53 Å². The Morgan fingerprint density at radius 1 is 1.43 bits per heavy atom. The summed E-state index contributed by atoms with van der Waals surface area (Å²) in [4.78, 5) is 21.2. The molecule has 0 spiro atoms. The van der Waals surface area contributed by atoms with E-state index in [0.717, 1.165) is 0 Å². The van der Waals surface area contributed by atoms with E-state index in [1.807, 2.05) is 0 Å². The minimum Gasteiger partial charge on any atom is -0.387 e. The summed E-state index contributed by atoms with van der Waals surface area (Å²) in [6.07, 6.45) is -0.259. The lowest BCUT2D eigenvalue weighted by molar-refractivity contribution is -0.0559. The van der Waals surface area contributed by atoms with Gasteiger partial charge >= 0.3 is 0 Å². The molecule has 11 nitrogen and oxygen atoms in total. The van der Waals surface area contributed by atoms with Crippen LogP contribution in [0.3, 0.4) is 0 Å². The van der Waals surface area contributed by atoms with Crippen LogP contribution in [0.25, 0.3) is 11.2 Å². The van der Waals surface area contributed by atoms with Gasteiger partial charge in [-0.05, 0) is 0 Å². The van der Waals surface area contributed by atoms with Gasteiger partial charge in [0.05, 0.1) is 12.9 Å². The van der Waals surface area contributed by atoms with Gasteiger partial charge in [0.15, 0.2) is 17.7 Å². The second-order valence-corrected chi connectivity index (χ2v) is 5.80. The maximum atomic E-state index is 10.3. The molecule has 0 aliphatic carbocycles. The second-order valence-electron chi connectivity index (χ2n) is 4.94. The Kier molecular flexibility index (Phi) is 4.69. The van der Waals surface area contributed by atoms with Crippen molar-refractivity contribution in [3.8, 4) is 0 Å². The zero-order chi connectivity index (χ0) is 16.6. The van der Waals surface area contributed by atoms with E-state index in [1.165, 1.54) is 19.8 Å². The van der Waals surface area contributed by atoms with Crippen molar-refractivity contribution in [1.29, 1.82) is 0 Å². The lowest BCUT2D eigenvalue weighted by Gasteiger charge is -2.19. The number of methoxy groups -OCH3 is 1. The average molecular weight is 344 g/mol. The Morgan fingerprint density at radius 3 is 2.91 bits per heavy atom. The molecule has 12 heteroatoms. The van der Waals surface area contributed by atoms with E-state index < -0.39 is 33.1 Å². The van der Waals surface area contributed by atoms with Crippen molar-refractivity contribution in [2.75, 3.05) is 19.5 Å². The number of ether oxygens (including phenoxy) is 2. The Labute approximate surface area is 132 Å². The van der Waals surface area contributed by atoms with Crippen LogP contribution < -0.4 is 11.2 Å². The number of hydrogen-bond donors (Lipinski definition) is 4. The van der Waals surface area contributed by atoms with Gasteiger partial charge in [-0.1, -0.05) is 0 Å². The van der Waals surface area contributed by atoms with E-state index in [4.69, 9.17) is 30.1 Å². The first-order valence-electron chi connectivity index (χ1n) is 6.69. The van der Waals surface area contributed by atoms with Crippen LogP contribution in [0.4, 0.5) is 5.82 Å². The van der Waals surface area contributed by atoms with Crippen molar-refractivity contribution in [3.05, 3.63) is 12.7 Å². The first-order chi connectivity index (χ1) is 11.0. The summed E-state index contributed by atoms with van der Waals surface area (Å²) in [5.41, 5.74) is 11.8. The molecular weight excluding hydrogens is 327 g/mol. The number of aliphatic hydroxyl groups excluding tert-OH is 1. The summed E-state index contributed by atoms with van der Waals surface area (Å²) >= 11 is 0. The molecular formula is C11H17N6O5P. The minimum atomic E-state index is -2.03. The molecule has 6 N–H and O–H groups in total. The lowest BCUT2D eigenvalue weighted by Crippen LogP contribution is -2.35. The molecule has 3 heterocycles. The van der Waals surface area contributed by atoms with Gasteiger partial charge in [0, 0.05) is 7.11 Å². The highest BCUT2D eigenvalue weighted by molar-refractivity contribution is 7.43. The van der Waals surface area contributed by atoms with Crippen LogP contribution in [-0.4, -0.2) is 61.5 Å². The molecule has 126 valence electrons. The van der Waals surface area contributed by atoms with Crippen molar-refractivity contribution < 1.29 is 24.0 Å². The Morgan fingerprint density at radius 2 is 2.22 bits per heavy atom. The molecule has 0 saturated carbocycles. The van der Waals surface area contributed by atoms with Crippen molar-refractivity contribution in [2.24, 2.45) is 5.50 Å². The van der Waals surface area contributed by atoms with Gasteiger partial charge in [0.25, 0.3) is 0 Å². The van der Waals surface area contributed by atoms with Gasteiger partial charge in [-0.2, -0.15) is 0 Å². The Bertz CT molecular complexity index is 684. The molecule has 0 radical (unpaired) electrons. The first-order valence-corrected chi connectivity index (χ1v) is 7.97. The third-order valence-corrected chi connectivity index (χ3v) is 4.03. The maximum Gasteiger partial charge on any atom is 0.250 e. The molecule has 1 aliphatic rings. The summed E-state index contributed by atoms with van der Waals surface area (Å²) in [5, 5.41) is 10.3. The molecule has 2 aromatic heterocycles. The van der Waals surface area contributed by atoms with E-state index in [1.54, 1.807) is 4.57 Å². The summed E-state index contributed by atoms with van der Waals surface area (Å²) in [6, 6.07) is 0. The van der Waals surface area contributed by atoms with Crippen molar-refractivity contribution in [3.63, 3.8) is 0 Å². The SMILES string of the molecule is CO[C@@H]1[C@H](O)[C@@H](COP(N)O)O[C@H]1n1cnc2c(N)ncnc21. The third-order valence-electron chi connectivity index (χ3n) is 3.62. The quantitative estimate of drug-likeness (QED) is 0.488. The van der Waals surface area contributed by atoms with Gasteiger partial charge in [-0.3, -0.25) is 10.1 Å². The van der Waals surface area contributed by atoms with E-state index in [9.17, 15) is 5.11 Å². The fourth-order valence-corrected chi connectivity index (χ4v) is 2.84. The molecule has 5 atom stereocenters. The van der Waals surface area contributed by atoms with Crippen LogP contribution in [-0.2, 0) is 14.0 Å². The smallest absolute Gasteiger partial charge is 0.250 e. The molecule has 1 aliphatic heterocycles. The second kappa shape index (κ2) is 6.57. The minimum absolute atomic E-state index is 0.0695. The Balaban J connectivity index is 1.89. The maximum absolute atomic E-state index is 10.3. The molecule has 1 unspecified atom stereocenters. The number of rotatable bonds is 5. The molecule has 1 saturated heterocycles. The predicted octanol–water partition coefficient (Wildman–Crippen LogP) is -1.12. The number of imidazole rings is 1. The highest BCUT2D eigenvalue weighted by atomic mass is 31.2. The van der Waals surface area contributed by atoms with Crippen molar-refractivity contribution in [1.82, 2.24) is 19.5 Å². The highest BCUT2D eigenvalue weighted by Gasteiger charge is 2.46. The standard InChI is InChI=1S/C11H17N6O5P/c1-20-8-7(18)5(2-21-23(13)19)22-11(8)17-4-16-6-9(12)14-3-15-10(6)17/h3-5,7-8,11,18-19H,2,13H2,1H3,(H2,12,14,15)/t5-,7-,8-,11-,23?/m1/s1. The highest BCUT2D eigenvalue weighted by Crippen LogP contribution is 2.35. The van der Waals surface area contributed by atoms with Crippen LogP contribution in [0.15, 0.2) is 12.7 Å². The van der Waals surface area contributed by atoms with Gasteiger partial charge in [0.1, 0.15) is 30.2 Å². The topological polar surface area (TPSA) is 164 Å². The zero-order valence-electron chi connectivity index (χ0n) is 12.2. The molecule has 2 aromatic rings. The number of aromatic nitrogens is 4. The Hall–Kier alpha value is -1.46. The predicted molar refractivity (Wildman–Crippen MR) is 79.7 cm³/mol. The molecule has 1 fully saturated rings. The lowest BCUT2D eigenvalue weighted by atomic mass is 10.1. The number of anilines is 1. The molecule has 23 heavy (non-hydrogen) atoms. The number of nitrogen functional groups attached to an aromatic ring is 1. The van der Waals surface area contributed by atoms with E-state index in [0.29, 0.717) is 11.2 Å². The van der Waals surface area contributed by atoms with E-state index in [2.05, 4.69) is 15.0 Å². The zero-order valence-corrected chi connectivity index (χ0v) is 13.1. The number of fused-ring (bicyclic) bond motifs is 1. The summed E-state index contributed by atoms with van der Waals surface area (Å²) < 4.78 is 17.7. The molecule has 0 bridgehead atoms. The van der Waals surface area contributed by atoms with Gasteiger partial charge < -0.3 is 29.7 Å². The first kappa shape index (κ1) is 16.4. The normalized spacial score (nSPS) is 29.2. The van der Waals surface area contributed by atoms with Crippen molar-refractivity contribution >= 4 is 25.5 Å². The molecule has 0 aromatic carbocycles. The fourth-order valence-electron chi connectivity index (χ4n) is 2.54. The van der Waals surface area contributed by atoms with Crippen LogP contribution in [0, 0.1) is 0 Å². The van der Waals surface area contributed by atoms with Crippen LogP contribution in [0.2, 0.25) is 0 Å². The number of nitrogens with two attached hydrogens (primary N) is 2. The molecule has 0 amide bonds. The summed E-state index contributed by atoms with van der Waals surface area (Å²) in [6.45, 7) is -0.0695. The van der Waals surface area contributed by atoms with Crippen molar-refractivity contribution in [2.45, 2.75) is 24.5 Å². The van der Waals surface area contributed by atoms with Gasteiger partial charge in [-0.15, -0.1) is 0 Å². The van der Waals surface area contributed by atoms with Gasteiger partial charge in [0.2, 0.25) is 8.53 Å². The largest absolute Gasteiger partial charge is 0.387 e. The third kappa shape index (κ3) is 3.00. The van der Waals surface area contributed by atoms with Crippen LogP contribution in [0.5, 0.6) is 0 Å². The number of nitrogens with zero attached hydrogens (tertiary/aromatic N) is 4. The van der Waals surface area contributed by atoms with E-state index in [-0.39, 0.29) is 12.4 Å². The number of hydrogen-bond acceptors (Lipinski definition) is 10. The monoisotopic (exact) mass is 344 g/mol. The summed E-state index contributed by atoms with van der Waals surface area (Å²) in [5.74, 6) is 0.246. The number of aliphatic hydroxyl groups is 1. The van der Waals surface area contributed by atoms with Gasteiger partial charge in [-0.25, -0.2) is 15.0 Å². The van der Waals surface area contributed by atoms with Crippen LogP contribution in [0.1, 0.15) is 6.23 Å². The molecule has 3 rings (SSSR count). The average Bonchev–Trinajstić information content (AvgIpc) is 3.07. The van der Waals surface area contributed by atoms with E-state index >= 15 is 0 Å². The summed E-state index contributed by atoms with van der Waals surface area (Å²) in [7, 11) is -0.578.